The summed E-state index contributed by atoms with van der Waals surface area (Å²) in [5, 5.41) is 0. The predicted molar refractivity (Wildman–Crippen MR) is 60.4 cm³/mol. The molecule has 4 N–H and O–H groups in total. The molecule has 4 heteroatoms. The van der Waals surface area contributed by atoms with Gasteiger partial charge in [-0.2, -0.15) is 0 Å². The summed E-state index contributed by atoms with van der Waals surface area (Å²) in [4.78, 5) is 10.2. The van der Waals surface area contributed by atoms with E-state index in [2.05, 4.69) is 10.5 Å². The smallest absolute Gasteiger partial charge is 0.404 e. The SMILES string of the molecule is CN.NC(=O)OCCCc1ccccc1. The van der Waals surface area contributed by atoms with Crippen LogP contribution in [0.4, 0.5) is 4.79 Å². The van der Waals surface area contributed by atoms with Crippen molar-refractivity contribution in [3.05, 3.63) is 35.9 Å². The van der Waals surface area contributed by atoms with Gasteiger partial charge in [-0.25, -0.2) is 4.79 Å². The molecule has 0 aliphatic carbocycles. The first-order valence-corrected chi connectivity index (χ1v) is 4.83. The van der Waals surface area contributed by atoms with E-state index in [0.717, 1.165) is 12.8 Å². The second-order valence-electron chi connectivity index (χ2n) is 2.76. The summed E-state index contributed by atoms with van der Waals surface area (Å²) in [7, 11) is 1.50. The van der Waals surface area contributed by atoms with E-state index in [1.807, 2.05) is 30.3 Å². The number of primary amides is 1. The monoisotopic (exact) mass is 210 g/mol. The van der Waals surface area contributed by atoms with Gasteiger partial charge in [0.2, 0.25) is 0 Å². The van der Waals surface area contributed by atoms with Crippen molar-refractivity contribution in [2.45, 2.75) is 12.8 Å². The topological polar surface area (TPSA) is 78.3 Å². The van der Waals surface area contributed by atoms with Gasteiger partial charge in [-0.3, -0.25) is 0 Å². The van der Waals surface area contributed by atoms with Crippen LogP contribution in [0.25, 0.3) is 0 Å². The highest BCUT2D eigenvalue weighted by atomic mass is 16.5. The first-order valence-electron chi connectivity index (χ1n) is 4.83. The fourth-order valence-electron chi connectivity index (χ4n) is 1.09. The Kier molecular flexibility index (Phi) is 8.09. The molecule has 1 amide bonds. The van der Waals surface area contributed by atoms with Gasteiger partial charge in [0.05, 0.1) is 6.61 Å². The first kappa shape index (κ1) is 13.4. The van der Waals surface area contributed by atoms with E-state index < -0.39 is 6.09 Å². The molecule has 1 rings (SSSR count). The zero-order chi connectivity index (χ0) is 11.5. The average Bonchev–Trinajstić information content (AvgIpc) is 2.28. The third-order valence-electron chi connectivity index (χ3n) is 1.70. The molecule has 0 bridgehead atoms. The number of hydrogen-bond donors (Lipinski definition) is 2. The summed E-state index contributed by atoms with van der Waals surface area (Å²) in [6.45, 7) is 0.393. The molecule has 0 saturated carbocycles. The van der Waals surface area contributed by atoms with Crippen molar-refractivity contribution in [2.75, 3.05) is 13.7 Å². The maximum absolute atomic E-state index is 10.2. The van der Waals surface area contributed by atoms with Crippen molar-refractivity contribution in [1.29, 1.82) is 0 Å². The Morgan fingerprint density at radius 3 is 2.40 bits per heavy atom. The highest BCUT2D eigenvalue weighted by Gasteiger charge is 1.94. The lowest BCUT2D eigenvalue weighted by molar-refractivity contribution is 0.155. The van der Waals surface area contributed by atoms with Crippen molar-refractivity contribution in [3.63, 3.8) is 0 Å². The van der Waals surface area contributed by atoms with Crippen molar-refractivity contribution < 1.29 is 9.53 Å². The molecule has 1 aromatic carbocycles. The molecule has 4 nitrogen and oxygen atoms in total. The van der Waals surface area contributed by atoms with Crippen LogP contribution in [0.15, 0.2) is 30.3 Å². The van der Waals surface area contributed by atoms with Crippen molar-refractivity contribution >= 4 is 6.09 Å². The van der Waals surface area contributed by atoms with E-state index in [9.17, 15) is 4.79 Å². The summed E-state index contributed by atoms with van der Waals surface area (Å²) in [6, 6.07) is 10.0. The first-order chi connectivity index (χ1) is 7.29. The summed E-state index contributed by atoms with van der Waals surface area (Å²) < 4.78 is 4.60. The number of carbonyl (C=O) groups excluding carboxylic acids is 1. The van der Waals surface area contributed by atoms with Crippen LogP contribution < -0.4 is 11.5 Å². The molecular formula is C11H18N2O2. The third kappa shape index (κ3) is 7.52. The van der Waals surface area contributed by atoms with Gasteiger partial charge >= 0.3 is 6.09 Å². The zero-order valence-electron chi connectivity index (χ0n) is 8.98. The number of hydrogen-bond acceptors (Lipinski definition) is 3. The summed E-state index contributed by atoms with van der Waals surface area (Å²) in [5.41, 5.74) is 10.6. The van der Waals surface area contributed by atoms with Gasteiger partial charge < -0.3 is 16.2 Å². The van der Waals surface area contributed by atoms with E-state index in [0.29, 0.717) is 6.61 Å². The molecule has 1 aromatic rings. The Balaban J connectivity index is 0.000000921. The molecule has 0 radical (unpaired) electrons. The van der Waals surface area contributed by atoms with E-state index in [1.54, 1.807) is 0 Å². The second-order valence-corrected chi connectivity index (χ2v) is 2.76. The molecule has 0 aliphatic heterocycles. The molecule has 0 fully saturated rings. The van der Waals surface area contributed by atoms with Gasteiger partial charge in [-0.15, -0.1) is 0 Å². The number of benzene rings is 1. The minimum absolute atomic E-state index is 0.393. The summed E-state index contributed by atoms with van der Waals surface area (Å²) >= 11 is 0. The molecule has 0 heterocycles. The largest absolute Gasteiger partial charge is 0.450 e. The van der Waals surface area contributed by atoms with E-state index in [4.69, 9.17) is 5.73 Å². The van der Waals surface area contributed by atoms with Crippen molar-refractivity contribution in [3.8, 4) is 0 Å². The number of aryl methyl sites for hydroxylation is 1. The van der Waals surface area contributed by atoms with Crippen LogP contribution in [0.2, 0.25) is 0 Å². The lowest BCUT2D eigenvalue weighted by Gasteiger charge is -2.01. The van der Waals surface area contributed by atoms with Crippen LogP contribution in [0.5, 0.6) is 0 Å². The number of ether oxygens (including phenoxy) is 1. The van der Waals surface area contributed by atoms with E-state index in [-0.39, 0.29) is 0 Å². The standard InChI is InChI=1S/C10H13NO2.CH5N/c11-10(12)13-8-4-7-9-5-2-1-3-6-9;1-2/h1-3,5-6H,4,7-8H2,(H2,11,12);2H2,1H3. The van der Waals surface area contributed by atoms with E-state index in [1.165, 1.54) is 12.6 Å². The highest BCUT2D eigenvalue weighted by molar-refractivity contribution is 5.64. The summed E-state index contributed by atoms with van der Waals surface area (Å²) in [5.74, 6) is 0. The maximum Gasteiger partial charge on any atom is 0.404 e. The van der Waals surface area contributed by atoms with Gasteiger partial charge in [0.25, 0.3) is 0 Å². The predicted octanol–water partition coefficient (Wildman–Crippen LogP) is 1.29. The fraction of sp³-hybridized carbons (Fsp3) is 0.364. The molecule has 0 aliphatic rings. The van der Waals surface area contributed by atoms with Crippen LogP contribution in [0, 0.1) is 0 Å². The third-order valence-corrected chi connectivity index (χ3v) is 1.70. The second kappa shape index (κ2) is 9.02. The van der Waals surface area contributed by atoms with Gasteiger partial charge in [0.15, 0.2) is 0 Å². The van der Waals surface area contributed by atoms with Crippen molar-refractivity contribution in [1.82, 2.24) is 0 Å². The Hall–Kier alpha value is -1.55. The lowest BCUT2D eigenvalue weighted by atomic mass is 10.1. The fourth-order valence-corrected chi connectivity index (χ4v) is 1.09. The highest BCUT2D eigenvalue weighted by Crippen LogP contribution is 2.01. The van der Waals surface area contributed by atoms with Gasteiger partial charge in [-0.1, -0.05) is 30.3 Å². The van der Waals surface area contributed by atoms with Gasteiger partial charge in [-0.05, 0) is 25.5 Å². The Morgan fingerprint density at radius 1 is 1.27 bits per heavy atom. The minimum Gasteiger partial charge on any atom is -0.450 e. The van der Waals surface area contributed by atoms with Gasteiger partial charge in [0.1, 0.15) is 0 Å². The quantitative estimate of drug-likeness (QED) is 0.735. The lowest BCUT2D eigenvalue weighted by Crippen LogP contribution is -2.13. The molecule has 0 spiro atoms. The van der Waals surface area contributed by atoms with Crippen LogP contribution in [0.3, 0.4) is 0 Å². The number of nitrogens with two attached hydrogens (primary N) is 2. The minimum atomic E-state index is -0.701. The Bertz CT molecular complexity index is 263. The van der Waals surface area contributed by atoms with Crippen LogP contribution in [0.1, 0.15) is 12.0 Å². The maximum atomic E-state index is 10.2. The zero-order valence-corrected chi connectivity index (χ0v) is 8.98. The van der Waals surface area contributed by atoms with Crippen molar-refractivity contribution in [2.24, 2.45) is 11.5 Å². The average molecular weight is 210 g/mol. The van der Waals surface area contributed by atoms with Gasteiger partial charge in [0, 0.05) is 0 Å². The molecule has 15 heavy (non-hydrogen) atoms. The van der Waals surface area contributed by atoms with Crippen LogP contribution >= 0.6 is 0 Å². The van der Waals surface area contributed by atoms with Crippen LogP contribution in [-0.4, -0.2) is 19.7 Å². The number of rotatable bonds is 4. The molecule has 0 aromatic heterocycles. The molecular weight excluding hydrogens is 192 g/mol. The Labute approximate surface area is 90.2 Å². The van der Waals surface area contributed by atoms with Crippen LogP contribution in [-0.2, 0) is 11.2 Å². The molecule has 84 valence electrons. The molecule has 0 atom stereocenters. The number of carbonyl (C=O) groups is 1. The summed E-state index contributed by atoms with van der Waals surface area (Å²) in [6.07, 6.45) is 1.02. The van der Waals surface area contributed by atoms with E-state index >= 15 is 0 Å². The molecule has 0 saturated heterocycles. The number of amides is 1. The Morgan fingerprint density at radius 2 is 1.87 bits per heavy atom. The molecule has 0 unspecified atom stereocenters. The normalized spacial score (nSPS) is 8.67.